The van der Waals surface area contributed by atoms with Crippen molar-refractivity contribution in [2.24, 2.45) is 0 Å². The Morgan fingerprint density at radius 3 is 2.50 bits per heavy atom. The van der Waals surface area contributed by atoms with Gasteiger partial charge in [-0.3, -0.25) is 0 Å². The summed E-state index contributed by atoms with van der Waals surface area (Å²) in [5.74, 6) is 0.414. The lowest BCUT2D eigenvalue weighted by Gasteiger charge is -2.08. The number of nitriles is 1. The van der Waals surface area contributed by atoms with Gasteiger partial charge in [0.05, 0.1) is 6.07 Å². The number of anilines is 2. The zero-order valence-electron chi connectivity index (χ0n) is 9.45. The van der Waals surface area contributed by atoms with E-state index in [0.29, 0.717) is 10.8 Å². The number of nitrogens with two attached hydrogens (primary N) is 2. The molecule has 2 aromatic rings. The van der Waals surface area contributed by atoms with Crippen LogP contribution in [0.5, 0.6) is 0 Å². The third-order valence-electron chi connectivity index (χ3n) is 2.20. The van der Waals surface area contributed by atoms with E-state index in [9.17, 15) is 5.26 Å². The van der Waals surface area contributed by atoms with Crippen LogP contribution >= 0.6 is 11.8 Å². The third-order valence-corrected chi connectivity index (χ3v) is 3.26. The van der Waals surface area contributed by atoms with Gasteiger partial charge in [0.15, 0.2) is 0 Å². The normalized spacial score (nSPS) is 11.7. The van der Waals surface area contributed by atoms with Crippen LogP contribution in [0.2, 0.25) is 0 Å². The molecule has 0 radical (unpaired) electrons. The first-order valence-corrected chi connectivity index (χ1v) is 6.08. The topological polar surface area (TPSA) is 102 Å². The number of benzene rings is 1. The molecule has 5 nitrogen and oxygen atoms in total. The zero-order chi connectivity index (χ0) is 13.0. The van der Waals surface area contributed by atoms with E-state index in [4.69, 9.17) is 11.5 Å². The quantitative estimate of drug-likeness (QED) is 0.644. The van der Waals surface area contributed by atoms with E-state index >= 15 is 0 Å². The molecule has 1 heterocycles. The summed E-state index contributed by atoms with van der Waals surface area (Å²) in [6.07, 6.45) is 0. The molecule has 90 valence electrons. The van der Waals surface area contributed by atoms with Gasteiger partial charge in [0.25, 0.3) is 0 Å². The lowest BCUT2D eigenvalue weighted by Crippen LogP contribution is -2.01. The molecule has 6 heteroatoms. The van der Waals surface area contributed by atoms with Crippen LogP contribution in [0.4, 0.5) is 11.8 Å². The van der Waals surface area contributed by atoms with Crippen LogP contribution < -0.4 is 11.5 Å². The van der Waals surface area contributed by atoms with Crippen LogP contribution in [0, 0.1) is 11.3 Å². The van der Waals surface area contributed by atoms with Crippen LogP contribution in [0.25, 0.3) is 0 Å². The smallest absolute Gasteiger partial charge is 0.223 e. The molecule has 4 N–H and O–H groups in total. The molecule has 0 fully saturated rings. The van der Waals surface area contributed by atoms with Crippen molar-refractivity contribution in [2.45, 2.75) is 10.3 Å². The SMILES string of the molecule is N#CC(Sc1cc(N)nc(N)n1)c1ccccc1. The highest BCUT2D eigenvalue weighted by Gasteiger charge is 2.13. The third kappa shape index (κ3) is 2.90. The molecule has 1 aromatic carbocycles. The molecule has 0 bridgehead atoms. The van der Waals surface area contributed by atoms with Crippen LogP contribution in [-0.4, -0.2) is 9.97 Å². The molecule has 1 aromatic heterocycles. The van der Waals surface area contributed by atoms with Gasteiger partial charge in [-0.05, 0) is 5.56 Å². The molecule has 1 unspecified atom stereocenters. The fraction of sp³-hybridized carbons (Fsp3) is 0.0833. The fourth-order valence-electron chi connectivity index (χ4n) is 1.44. The van der Waals surface area contributed by atoms with E-state index in [0.717, 1.165) is 5.56 Å². The number of nitrogen functional groups attached to an aromatic ring is 2. The van der Waals surface area contributed by atoms with Gasteiger partial charge in [0.1, 0.15) is 16.1 Å². The number of nitrogens with zero attached hydrogens (tertiary/aromatic N) is 3. The van der Waals surface area contributed by atoms with E-state index in [1.165, 1.54) is 11.8 Å². The molecule has 2 rings (SSSR count). The molecular weight excluding hydrogens is 246 g/mol. The number of rotatable bonds is 3. The average Bonchev–Trinajstić information content (AvgIpc) is 2.36. The van der Waals surface area contributed by atoms with E-state index < -0.39 is 0 Å². The molecule has 0 spiro atoms. The highest BCUT2D eigenvalue weighted by atomic mass is 32.2. The van der Waals surface area contributed by atoms with Gasteiger partial charge in [-0.25, -0.2) is 4.98 Å². The van der Waals surface area contributed by atoms with Gasteiger partial charge in [0, 0.05) is 6.07 Å². The van der Waals surface area contributed by atoms with Crippen LogP contribution in [0.1, 0.15) is 10.8 Å². The van der Waals surface area contributed by atoms with Crippen molar-refractivity contribution in [2.75, 3.05) is 11.5 Å². The maximum Gasteiger partial charge on any atom is 0.223 e. The summed E-state index contributed by atoms with van der Waals surface area (Å²) in [5, 5.41) is 9.45. The van der Waals surface area contributed by atoms with Gasteiger partial charge in [0.2, 0.25) is 5.95 Å². The summed E-state index contributed by atoms with van der Waals surface area (Å²) in [6.45, 7) is 0. The summed E-state index contributed by atoms with van der Waals surface area (Å²) in [6, 6.07) is 13.3. The number of hydrogen-bond acceptors (Lipinski definition) is 6. The maximum absolute atomic E-state index is 9.20. The fourth-order valence-corrected chi connectivity index (χ4v) is 2.36. The largest absolute Gasteiger partial charge is 0.383 e. The van der Waals surface area contributed by atoms with Crippen molar-refractivity contribution < 1.29 is 0 Å². The number of hydrogen-bond donors (Lipinski definition) is 2. The summed E-state index contributed by atoms with van der Waals surface area (Å²) in [4.78, 5) is 7.83. The summed E-state index contributed by atoms with van der Waals surface area (Å²) in [5.41, 5.74) is 12.0. The van der Waals surface area contributed by atoms with Crippen LogP contribution in [-0.2, 0) is 0 Å². The second-order valence-corrected chi connectivity index (χ2v) is 4.65. The van der Waals surface area contributed by atoms with Crippen molar-refractivity contribution >= 4 is 23.5 Å². The van der Waals surface area contributed by atoms with E-state index in [1.54, 1.807) is 6.07 Å². The molecule has 0 amide bonds. The molecule has 0 saturated carbocycles. The van der Waals surface area contributed by atoms with Gasteiger partial charge >= 0.3 is 0 Å². The monoisotopic (exact) mass is 257 g/mol. The average molecular weight is 257 g/mol. The predicted octanol–water partition coefficient (Wildman–Crippen LogP) is 2.00. The first-order chi connectivity index (χ1) is 8.69. The van der Waals surface area contributed by atoms with Gasteiger partial charge < -0.3 is 11.5 Å². The van der Waals surface area contributed by atoms with Gasteiger partial charge in [-0.15, -0.1) is 0 Å². The highest BCUT2D eigenvalue weighted by molar-refractivity contribution is 7.99. The lowest BCUT2D eigenvalue weighted by molar-refractivity contribution is 1.06. The minimum atomic E-state index is -0.347. The van der Waals surface area contributed by atoms with Crippen LogP contribution in [0.15, 0.2) is 41.4 Å². The summed E-state index contributed by atoms with van der Waals surface area (Å²) in [7, 11) is 0. The Kier molecular flexibility index (Phi) is 3.65. The van der Waals surface area contributed by atoms with E-state index in [-0.39, 0.29) is 11.2 Å². The number of aromatic nitrogens is 2. The zero-order valence-corrected chi connectivity index (χ0v) is 10.3. The molecule has 0 aliphatic rings. The molecule has 0 saturated heterocycles. The second kappa shape index (κ2) is 5.38. The Hall–Kier alpha value is -2.26. The van der Waals surface area contributed by atoms with E-state index in [1.807, 2.05) is 30.3 Å². The van der Waals surface area contributed by atoms with Gasteiger partial charge in [-0.1, -0.05) is 42.1 Å². The first kappa shape index (κ1) is 12.2. The molecular formula is C12H11N5S. The molecule has 0 aliphatic heterocycles. The Bertz CT molecular complexity index is 559. The minimum Gasteiger partial charge on any atom is -0.383 e. The van der Waals surface area contributed by atoms with Gasteiger partial charge in [-0.2, -0.15) is 10.2 Å². The Morgan fingerprint density at radius 2 is 1.89 bits per heavy atom. The summed E-state index contributed by atoms with van der Waals surface area (Å²) < 4.78 is 0. The molecule has 18 heavy (non-hydrogen) atoms. The van der Waals surface area contributed by atoms with Crippen molar-refractivity contribution in [3.05, 3.63) is 42.0 Å². The van der Waals surface area contributed by atoms with Crippen molar-refractivity contribution in [3.8, 4) is 6.07 Å². The molecule has 0 aliphatic carbocycles. The Labute approximate surface area is 109 Å². The highest BCUT2D eigenvalue weighted by Crippen LogP contribution is 2.34. The van der Waals surface area contributed by atoms with Crippen LogP contribution in [0.3, 0.4) is 0 Å². The minimum absolute atomic E-state index is 0.113. The summed E-state index contributed by atoms with van der Waals surface area (Å²) >= 11 is 1.30. The second-order valence-electron chi connectivity index (χ2n) is 3.53. The first-order valence-electron chi connectivity index (χ1n) is 5.20. The Morgan fingerprint density at radius 1 is 1.17 bits per heavy atom. The van der Waals surface area contributed by atoms with Crippen molar-refractivity contribution in [1.29, 1.82) is 5.26 Å². The predicted molar refractivity (Wildman–Crippen MR) is 71.5 cm³/mol. The maximum atomic E-state index is 9.20. The standard InChI is InChI=1S/C12H11N5S/c13-7-9(8-4-2-1-3-5-8)18-11-6-10(14)16-12(15)17-11/h1-6,9H,(H4,14,15,16,17). The number of thioether (sulfide) groups is 1. The Balaban J connectivity index is 2.24. The van der Waals surface area contributed by atoms with E-state index in [2.05, 4.69) is 16.0 Å². The van der Waals surface area contributed by atoms with Crippen molar-refractivity contribution in [1.82, 2.24) is 9.97 Å². The lowest BCUT2D eigenvalue weighted by atomic mass is 10.2. The van der Waals surface area contributed by atoms with Crippen molar-refractivity contribution in [3.63, 3.8) is 0 Å². The molecule has 1 atom stereocenters.